The predicted molar refractivity (Wildman–Crippen MR) is 109 cm³/mol. The number of amides is 1. The number of carbonyl (C=O) groups is 2. The van der Waals surface area contributed by atoms with Crippen LogP contribution in [0.4, 0.5) is 4.79 Å². The molecule has 0 atom stereocenters. The number of carbonyl (C=O) groups excluding carboxylic acids is 1. The van der Waals surface area contributed by atoms with Crippen LogP contribution in [0.25, 0.3) is 11.1 Å². The van der Waals surface area contributed by atoms with Crippen LogP contribution >= 0.6 is 0 Å². The van der Waals surface area contributed by atoms with Crippen LogP contribution in [0.1, 0.15) is 49.1 Å². The molecular formula is C24H25NO4. The van der Waals surface area contributed by atoms with Gasteiger partial charge in [-0.3, -0.25) is 4.79 Å². The maximum atomic E-state index is 12.4. The highest BCUT2D eigenvalue weighted by atomic mass is 16.5. The van der Waals surface area contributed by atoms with Crippen LogP contribution in [-0.2, 0) is 9.53 Å². The lowest BCUT2D eigenvalue weighted by Gasteiger charge is -2.26. The quantitative estimate of drug-likeness (QED) is 0.783. The summed E-state index contributed by atoms with van der Waals surface area (Å²) in [5.41, 5.74) is 4.15. The maximum absolute atomic E-state index is 12.4. The summed E-state index contributed by atoms with van der Waals surface area (Å²) in [4.78, 5) is 24.0. The topological polar surface area (TPSA) is 75.6 Å². The molecule has 2 bridgehead atoms. The fourth-order valence-electron chi connectivity index (χ4n) is 5.77. The molecule has 0 saturated heterocycles. The van der Waals surface area contributed by atoms with Crippen LogP contribution in [0.3, 0.4) is 0 Å². The first-order valence-electron chi connectivity index (χ1n) is 10.3. The van der Waals surface area contributed by atoms with Crippen LogP contribution in [0.5, 0.6) is 0 Å². The molecular weight excluding hydrogens is 366 g/mol. The molecule has 2 aromatic rings. The second-order valence-electron chi connectivity index (χ2n) is 8.94. The van der Waals surface area contributed by atoms with E-state index in [1.54, 1.807) is 0 Å². The number of fused-ring (bicyclic) bond motifs is 5. The molecule has 0 unspecified atom stereocenters. The van der Waals surface area contributed by atoms with Gasteiger partial charge in [-0.1, -0.05) is 48.5 Å². The van der Waals surface area contributed by atoms with E-state index in [9.17, 15) is 14.7 Å². The Balaban J connectivity index is 1.22. The minimum atomic E-state index is -0.682. The SMILES string of the molecule is O=C(NCC12CCC(C(=O)O)(CC1)C2)OCC1c2ccccc2-c2ccccc21. The van der Waals surface area contributed by atoms with Crippen molar-refractivity contribution >= 4 is 12.1 Å². The highest BCUT2D eigenvalue weighted by molar-refractivity contribution is 5.79. The van der Waals surface area contributed by atoms with Gasteiger partial charge in [0.2, 0.25) is 0 Å². The number of alkyl carbamates (subject to hydrolysis) is 1. The second-order valence-corrected chi connectivity index (χ2v) is 8.94. The summed E-state index contributed by atoms with van der Waals surface area (Å²) in [6.07, 6.45) is 3.41. The average molecular weight is 391 g/mol. The molecule has 5 nitrogen and oxygen atoms in total. The van der Waals surface area contributed by atoms with Crippen molar-refractivity contribution in [3.05, 3.63) is 59.7 Å². The molecule has 5 heteroatoms. The molecule has 0 radical (unpaired) electrons. The van der Waals surface area contributed by atoms with Crippen LogP contribution in [-0.4, -0.2) is 30.3 Å². The highest BCUT2D eigenvalue weighted by Gasteiger charge is 2.58. The third-order valence-corrected chi connectivity index (χ3v) is 7.39. The van der Waals surface area contributed by atoms with Gasteiger partial charge < -0.3 is 15.2 Å². The summed E-state index contributed by atoms with van der Waals surface area (Å²) in [5.74, 6) is -0.637. The van der Waals surface area contributed by atoms with Crippen molar-refractivity contribution in [2.24, 2.45) is 10.8 Å². The Bertz CT molecular complexity index is 929. The normalized spacial score (nSPS) is 26.8. The number of hydrogen-bond acceptors (Lipinski definition) is 3. The fraction of sp³-hybridized carbons (Fsp3) is 0.417. The first-order valence-corrected chi connectivity index (χ1v) is 10.3. The van der Waals surface area contributed by atoms with Crippen molar-refractivity contribution in [1.82, 2.24) is 5.32 Å². The van der Waals surface area contributed by atoms with Gasteiger partial charge in [-0.15, -0.1) is 0 Å². The first kappa shape index (κ1) is 18.2. The molecule has 0 aliphatic heterocycles. The van der Waals surface area contributed by atoms with Crippen LogP contribution < -0.4 is 5.32 Å². The Labute approximate surface area is 170 Å². The van der Waals surface area contributed by atoms with Gasteiger partial charge in [-0.25, -0.2) is 4.79 Å². The summed E-state index contributed by atoms with van der Waals surface area (Å²) >= 11 is 0. The zero-order chi connectivity index (χ0) is 20.1. The monoisotopic (exact) mass is 391 g/mol. The minimum absolute atomic E-state index is 0.0453. The first-order chi connectivity index (χ1) is 14.0. The molecule has 0 aromatic heterocycles. The van der Waals surface area contributed by atoms with Crippen molar-refractivity contribution in [1.29, 1.82) is 0 Å². The van der Waals surface area contributed by atoms with Crippen LogP contribution in [0.15, 0.2) is 48.5 Å². The molecule has 0 spiro atoms. The molecule has 150 valence electrons. The van der Waals surface area contributed by atoms with Gasteiger partial charge >= 0.3 is 12.1 Å². The molecule has 0 heterocycles. The van der Waals surface area contributed by atoms with Crippen molar-refractivity contribution < 1.29 is 19.4 Å². The van der Waals surface area contributed by atoms with Crippen LogP contribution in [0, 0.1) is 10.8 Å². The summed E-state index contributed by atoms with van der Waals surface area (Å²) in [6.45, 7) is 0.796. The highest BCUT2D eigenvalue weighted by Crippen LogP contribution is 2.61. The summed E-state index contributed by atoms with van der Waals surface area (Å²) in [5, 5.41) is 12.5. The van der Waals surface area contributed by atoms with Crippen molar-refractivity contribution in [2.45, 2.75) is 38.0 Å². The fourth-order valence-corrected chi connectivity index (χ4v) is 5.77. The Hall–Kier alpha value is -2.82. The molecule has 3 aliphatic rings. The van der Waals surface area contributed by atoms with E-state index in [-0.39, 0.29) is 11.3 Å². The Morgan fingerprint density at radius 1 is 0.966 bits per heavy atom. The average Bonchev–Trinajstić information content (AvgIpc) is 3.41. The van der Waals surface area contributed by atoms with Gasteiger partial charge in [0.1, 0.15) is 6.61 Å². The largest absolute Gasteiger partial charge is 0.481 e. The lowest BCUT2D eigenvalue weighted by Crippen LogP contribution is -2.36. The third kappa shape index (κ3) is 2.91. The number of carboxylic acid groups (broad SMARTS) is 1. The van der Waals surface area contributed by atoms with Gasteiger partial charge in [-0.2, -0.15) is 0 Å². The molecule has 3 aliphatic carbocycles. The maximum Gasteiger partial charge on any atom is 0.407 e. The molecule has 5 rings (SSSR count). The lowest BCUT2D eigenvalue weighted by atomic mass is 9.82. The van der Waals surface area contributed by atoms with Gasteiger partial charge in [0.25, 0.3) is 0 Å². The smallest absolute Gasteiger partial charge is 0.407 e. The van der Waals surface area contributed by atoms with Gasteiger partial charge in [0.15, 0.2) is 0 Å². The number of nitrogens with one attached hydrogen (secondary N) is 1. The van der Waals surface area contributed by atoms with Gasteiger partial charge in [0.05, 0.1) is 5.41 Å². The van der Waals surface area contributed by atoms with E-state index in [0.29, 0.717) is 32.4 Å². The Morgan fingerprint density at radius 3 is 2.10 bits per heavy atom. The standard InChI is InChI=1S/C24H25NO4/c26-21(27)24-11-9-23(14-24,10-12-24)15-25-22(28)29-13-20-18-7-3-1-5-16(18)17-6-2-4-8-19(17)20/h1-8,20H,9-15H2,(H,25,28)(H,26,27). The van der Waals surface area contributed by atoms with E-state index in [1.165, 1.54) is 22.3 Å². The van der Waals surface area contributed by atoms with Gasteiger partial charge in [0, 0.05) is 12.5 Å². The molecule has 2 fully saturated rings. The second kappa shape index (κ2) is 6.61. The molecule has 2 saturated carbocycles. The number of aliphatic carboxylic acids is 1. The zero-order valence-electron chi connectivity index (χ0n) is 16.3. The zero-order valence-corrected chi connectivity index (χ0v) is 16.3. The number of carboxylic acids is 1. The van der Waals surface area contributed by atoms with Crippen molar-refractivity contribution in [3.8, 4) is 11.1 Å². The third-order valence-electron chi connectivity index (χ3n) is 7.39. The number of hydrogen-bond donors (Lipinski definition) is 2. The predicted octanol–water partition coefficient (Wildman–Crippen LogP) is 4.56. The Morgan fingerprint density at radius 2 is 1.55 bits per heavy atom. The van der Waals surface area contributed by atoms with E-state index < -0.39 is 17.5 Å². The van der Waals surface area contributed by atoms with Gasteiger partial charge in [-0.05, 0) is 59.8 Å². The minimum Gasteiger partial charge on any atom is -0.481 e. The van der Waals surface area contributed by atoms with Crippen molar-refractivity contribution in [3.63, 3.8) is 0 Å². The molecule has 1 amide bonds. The van der Waals surface area contributed by atoms with Crippen LogP contribution in [0.2, 0.25) is 0 Å². The number of benzene rings is 2. The number of rotatable bonds is 5. The van der Waals surface area contributed by atoms with E-state index in [4.69, 9.17) is 4.74 Å². The summed E-state index contributed by atoms with van der Waals surface area (Å²) < 4.78 is 5.61. The van der Waals surface area contributed by atoms with E-state index in [1.807, 2.05) is 24.3 Å². The molecule has 29 heavy (non-hydrogen) atoms. The van der Waals surface area contributed by atoms with E-state index in [2.05, 4.69) is 29.6 Å². The molecule has 2 N–H and O–H groups in total. The lowest BCUT2D eigenvalue weighted by molar-refractivity contribution is -0.148. The van der Waals surface area contributed by atoms with Crippen molar-refractivity contribution in [2.75, 3.05) is 13.2 Å². The number of ether oxygens (including phenoxy) is 1. The summed E-state index contributed by atoms with van der Waals surface area (Å²) in [7, 11) is 0. The van der Waals surface area contributed by atoms with E-state index in [0.717, 1.165) is 12.8 Å². The molecule has 2 aromatic carbocycles. The summed E-state index contributed by atoms with van der Waals surface area (Å²) in [6, 6.07) is 16.5. The Kier molecular flexibility index (Phi) is 4.16. The van der Waals surface area contributed by atoms with E-state index >= 15 is 0 Å².